The average Bonchev–Trinajstić information content (AvgIpc) is 2.88. The molecule has 4 nitrogen and oxygen atoms in total. The SMILES string of the molecule is Nc1ccccc1N1CC2(CCSC2)OC1=O. The van der Waals surface area contributed by atoms with Crippen molar-refractivity contribution in [1.29, 1.82) is 0 Å². The maximum Gasteiger partial charge on any atom is 0.415 e. The van der Waals surface area contributed by atoms with Crippen LogP contribution in [0.3, 0.4) is 0 Å². The van der Waals surface area contributed by atoms with Crippen molar-refractivity contribution in [2.75, 3.05) is 28.7 Å². The molecule has 2 aliphatic rings. The van der Waals surface area contributed by atoms with E-state index < -0.39 is 0 Å². The van der Waals surface area contributed by atoms with Crippen molar-refractivity contribution < 1.29 is 9.53 Å². The van der Waals surface area contributed by atoms with Crippen LogP contribution in [0.5, 0.6) is 0 Å². The number of carbonyl (C=O) groups is 1. The lowest BCUT2D eigenvalue weighted by atomic mass is 10.0. The Balaban J connectivity index is 1.90. The lowest BCUT2D eigenvalue weighted by Gasteiger charge is -2.19. The maximum absolute atomic E-state index is 11.9. The minimum Gasteiger partial charge on any atom is -0.440 e. The minimum absolute atomic E-state index is 0.273. The van der Waals surface area contributed by atoms with Gasteiger partial charge in [-0.2, -0.15) is 11.8 Å². The summed E-state index contributed by atoms with van der Waals surface area (Å²) in [5.74, 6) is 1.95. The number of nitrogens with zero attached hydrogens (tertiary/aromatic N) is 1. The van der Waals surface area contributed by atoms with Gasteiger partial charge in [0.25, 0.3) is 0 Å². The number of anilines is 2. The van der Waals surface area contributed by atoms with E-state index in [1.54, 1.807) is 11.0 Å². The topological polar surface area (TPSA) is 55.6 Å². The number of para-hydroxylation sites is 2. The van der Waals surface area contributed by atoms with E-state index in [9.17, 15) is 4.79 Å². The number of hydrogen-bond acceptors (Lipinski definition) is 4. The van der Waals surface area contributed by atoms with E-state index in [2.05, 4.69) is 0 Å². The molecule has 2 N–H and O–H groups in total. The van der Waals surface area contributed by atoms with Crippen LogP contribution >= 0.6 is 11.8 Å². The first-order valence-corrected chi connectivity index (χ1v) is 6.78. The maximum atomic E-state index is 11.9. The zero-order valence-corrected chi connectivity index (χ0v) is 10.2. The smallest absolute Gasteiger partial charge is 0.415 e. The summed E-state index contributed by atoms with van der Waals surface area (Å²) >= 11 is 1.84. The lowest BCUT2D eigenvalue weighted by Crippen LogP contribution is -2.34. The van der Waals surface area contributed by atoms with Gasteiger partial charge in [-0.05, 0) is 24.3 Å². The molecule has 1 unspecified atom stereocenters. The van der Waals surface area contributed by atoms with E-state index in [4.69, 9.17) is 10.5 Å². The Bertz CT molecular complexity index is 458. The summed E-state index contributed by atoms with van der Waals surface area (Å²) in [5.41, 5.74) is 6.98. The van der Waals surface area contributed by atoms with Gasteiger partial charge in [0, 0.05) is 5.75 Å². The highest BCUT2D eigenvalue weighted by Gasteiger charge is 2.48. The number of benzene rings is 1. The molecule has 0 bridgehead atoms. The highest BCUT2D eigenvalue weighted by molar-refractivity contribution is 7.99. The van der Waals surface area contributed by atoms with Crippen molar-refractivity contribution in [3.05, 3.63) is 24.3 Å². The first-order valence-electron chi connectivity index (χ1n) is 5.63. The second-order valence-corrected chi connectivity index (χ2v) is 5.60. The van der Waals surface area contributed by atoms with Crippen LogP contribution in [0.1, 0.15) is 6.42 Å². The fraction of sp³-hybridized carbons (Fsp3) is 0.417. The van der Waals surface area contributed by atoms with E-state index >= 15 is 0 Å². The van der Waals surface area contributed by atoms with E-state index in [1.165, 1.54) is 0 Å². The second-order valence-electron chi connectivity index (χ2n) is 4.50. The van der Waals surface area contributed by atoms with Gasteiger partial charge >= 0.3 is 6.09 Å². The van der Waals surface area contributed by atoms with Gasteiger partial charge in [0.2, 0.25) is 0 Å². The van der Waals surface area contributed by atoms with Crippen molar-refractivity contribution in [2.45, 2.75) is 12.0 Å². The van der Waals surface area contributed by atoms with Crippen molar-refractivity contribution in [2.24, 2.45) is 0 Å². The second kappa shape index (κ2) is 3.84. The summed E-state index contributed by atoms with van der Waals surface area (Å²) in [6, 6.07) is 7.41. The third-order valence-corrected chi connectivity index (χ3v) is 4.49. The highest BCUT2D eigenvalue weighted by Crippen LogP contribution is 2.39. The largest absolute Gasteiger partial charge is 0.440 e. The molecule has 3 rings (SSSR count). The molecule has 1 aromatic rings. The third-order valence-electron chi connectivity index (χ3n) is 3.27. The summed E-state index contributed by atoms with van der Waals surface area (Å²) in [4.78, 5) is 13.6. The lowest BCUT2D eigenvalue weighted by molar-refractivity contribution is 0.0782. The fourth-order valence-corrected chi connectivity index (χ4v) is 3.66. The quantitative estimate of drug-likeness (QED) is 0.775. The van der Waals surface area contributed by atoms with Gasteiger partial charge in [-0.1, -0.05) is 12.1 Å². The standard InChI is InChI=1S/C12H14N2O2S/c13-9-3-1-2-4-10(9)14-7-12(16-11(14)15)5-6-17-8-12/h1-4H,5-8,13H2. The number of nitrogens with two attached hydrogens (primary N) is 1. The van der Waals surface area contributed by atoms with Gasteiger partial charge in [0.15, 0.2) is 0 Å². The Morgan fingerprint density at radius 2 is 2.24 bits per heavy atom. The third kappa shape index (κ3) is 1.74. The van der Waals surface area contributed by atoms with Crippen LogP contribution in [-0.4, -0.2) is 29.7 Å². The average molecular weight is 250 g/mol. The Kier molecular flexibility index (Phi) is 2.43. The Labute approximate surface area is 104 Å². The first-order chi connectivity index (χ1) is 8.20. The Hall–Kier alpha value is -1.36. The van der Waals surface area contributed by atoms with Crippen LogP contribution in [0, 0.1) is 0 Å². The first kappa shape index (κ1) is 10.8. The number of nitrogen functional groups attached to an aromatic ring is 1. The summed E-state index contributed by atoms with van der Waals surface area (Å²) in [7, 11) is 0. The predicted octanol–water partition coefficient (Wildman–Crippen LogP) is 2.10. The van der Waals surface area contributed by atoms with E-state index in [0.717, 1.165) is 23.6 Å². The molecule has 0 aromatic heterocycles. The summed E-state index contributed by atoms with van der Waals surface area (Å²) in [5, 5.41) is 0. The summed E-state index contributed by atoms with van der Waals surface area (Å²) in [6.45, 7) is 0.618. The molecule has 1 amide bonds. The molecule has 2 aliphatic heterocycles. The van der Waals surface area contributed by atoms with Gasteiger partial charge in [-0.25, -0.2) is 4.79 Å². The molecule has 0 saturated carbocycles. The van der Waals surface area contributed by atoms with Crippen molar-refractivity contribution in [3.63, 3.8) is 0 Å². The predicted molar refractivity (Wildman–Crippen MR) is 69.4 cm³/mol. The van der Waals surface area contributed by atoms with Gasteiger partial charge in [0.1, 0.15) is 5.60 Å². The molecule has 2 saturated heterocycles. The summed E-state index contributed by atoms with van der Waals surface area (Å²) in [6.07, 6.45) is 0.664. The van der Waals surface area contributed by atoms with Crippen molar-refractivity contribution in [1.82, 2.24) is 0 Å². The number of thioether (sulfide) groups is 1. The number of amides is 1. The molecule has 90 valence electrons. The Morgan fingerprint density at radius 3 is 2.94 bits per heavy atom. The summed E-state index contributed by atoms with van der Waals surface area (Å²) < 4.78 is 5.54. The van der Waals surface area contributed by atoms with Gasteiger partial charge in [-0.15, -0.1) is 0 Å². The zero-order valence-electron chi connectivity index (χ0n) is 9.39. The van der Waals surface area contributed by atoms with Crippen LogP contribution in [0.25, 0.3) is 0 Å². The molecule has 17 heavy (non-hydrogen) atoms. The molecule has 2 fully saturated rings. The number of carbonyl (C=O) groups excluding carboxylic acids is 1. The van der Waals surface area contributed by atoms with Gasteiger partial charge in [-0.3, -0.25) is 4.90 Å². The van der Waals surface area contributed by atoms with Crippen LogP contribution < -0.4 is 10.6 Å². The minimum atomic E-state index is -0.288. The molecule has 1 spiro atoms. The zero-order chi connectivity index (χ0) is 11.9. The molecule has 2 heterocycles. The van der Waals surface area contributed by atoms with E-state index in [0.29, 0.717) is 12.2 Å². The highest BCUT2D eigenvalue weighted by atomic mass is 32.2. The number of hydrogen-bond donors (Lipinski definition) is 1. The van der Waals surface area contributed by atoms with Gasteiger partial charge in [0.05, 0.1) is 17.9 Å². The molecular weight excluding hydrogens is 236 g/mol. The Morgan fingerprint density at radius 1 is 1.41 bits per heavy atom. The molecule has 1 aromatic carbocycles. The van der Waals surface area contributed by atoms with Crippen molar-refractivity contribution in [3.8, 4) is 0 Å². The van der Waals surface area contributed by atoms with Crippen LogP contribution in [0.4, 0.5) is 16.2 Å². The van der Waals surface area contributed by atoms with Crippen LogP contribution in [-0.2, 0) is 4.74 Å². The molecule has 5 heteroatoms. The molecule has 1 atom stereocenters. The number of rotatable bonds is 1. The van der Waals surface area contributed by atoms with Crippen molar-refractivity contribution >= 4 is 29.2 Å². The molecule has 0 radical (unpaired) electrons. The van der Waals surface area contributed by atoms with E-state index in [1.807, 2.05) is 30.0 Å². The number of ether oxygens (including phenoxy) is 1. The normalized spacial score (nSPS) is 27.8. The molecular formula is C12H14N2O2S. The van der Waals surface area contributed by atoms with Crippen LogP contribution in [0.15, 0.2) is 24.3 Å². The molecule has 0 aliphatic carbocycles. The fourth-order valence-electron chi connectivity index (χ4n) is 2.34. The van der Waals surface area contributed by atoms with E-state index in [-0.39, 0.29) is 11.7 Å². The van der Waals surface area contributed by atoms with Crippen LogP contribution in [0.2, 0.25) is 0 Å². The van der Waals surface area contributed by atoms with Gasteiger partial charge < -0.3 is 10.5 Å². The monoisotopic (exact) mass is 250 g/mol.